The molecule has 112 valence electrons. The minimum absolute atomic E-state index is 0.217. The van der Waals surface area contributed by atoms with Gasteiger partial charge >= 0.3 is 0 Å². The first-order chi connectivity index (χ1) is 10.2. The van der Waals surface area contributed by atoms with Gasteiger partial charge in [0.15, 0.2) is 0 Å². The highest BCUT2D eigenvalue weighted by molar-refractivity contribution is 7.98. The highest BCUT2D eigenvalue weighted by atomic mass is 32.2. The van der Waals surface area contributed by atoms with Crippen LogP contribution < -0.4 is 10.1 Å². The quantitative estimate of drug-likeness (QED) is 0.773. The van der Waals surface area contributed by atoms with Gasteiger partial charge < -0.3 is 10.1 Å². The predicted molar refractivity (Wildman–Crippen MR) is 86.3 cm³/mol. The van der Waals surface area contributed by atoms with Gasteiger partial charge in [0.2, 0.25) is 0 Å². The van der Waals surface area contributed by atoms with Gasteiger partial charge in [-0.15, -0.1) is 11.8 Å². The van der Waals surface area contributed by atoms with Crippen LogP contribution in [-0.2, 0) is 12.3 Å². The molecule has 0 radical (unpaired) electrons. The van der Waals surface area contributed by atoms with Crippen LogP contribution in [-0.4, -0.2) is 13.7 Å². The molecule has 0 spiro atoms. The third kappa shape index (κ3) is 4.76. The minimum Gasteiger partial charge on any atom is -0.497 e. The zero-order chi connectivity index (χ0) is 15.1. The smallest absolute Gasteiger partial charge is 0.130 e. The van der Waals surface area contributed by atoms with Crippen LogP contribution in [0.2, 0.25) is 0 Å². The second kappa shape index (κ2) is 8.05. The zero-order valence-corrected chi connectivity index (χ0v) is 13.2. The number of thioether (sulfide) groups is 1. The van der Waals surface area contributed by atoms with E-state index in [1.807, 2.05) is 0 Å². The van der Waals surface area contributed by atoms with Crippen molar-refractivity contribution in [2.75, 3.05) is 13.7 Å². The van der Waals surface area contributed by atoms with E-state index in [9.17, 15) is 4.39 Å². The van der Waals surface area contributed by atoms with Crippen LogP contribution in [0.3, 0.4) is 0 Å². The van der Waals surface area contributed by atoms with E-state index in [4.69, 9.17) is 4.74 Å². The van der Waals surface area contributed by atoms with Gasteiger partial charge in [-0.25, -0.2) is 4.39 Å². The molecule has 21 heavy (non-hydrogen) atoms. The SMILES string of the molecule is CCNCc1ccc(SCc2ccc(OC)cc2F)cc1. The molecule has 2 aromatic carbocycles. The van der Waals surface area contributed by atoms with E-state index in [0.717, 1.165) is 18.0 Å². The fourth-order valence-electron chi connectivity index (χ4n) is 1.91. The number of rotatable bonds is 7. The first-order valence-electron chi connectivity index (χ1n) is 6.97. The summed E-state index contributed by atoms with van der Waals surface area (Å²) in [5, 5.41) is 3.29. The molecule has 2 nitrogen and oxygen atoms in total. The number of benzene rings is 2. The summed E-state index contributed by atoms with van der Waals surface area (Å²) in [5.41, 5.74) is 1.95. The number of halogens is 1. The van der Waals surface area contributed by atoms with Crippen molar-refractivity contribution in [1.82, 2.24) is 5.32 Å². The monoisotopic (exact) mass is 305 g/mol. The molecule has 0 saturated heterocycles. The van der Waals surface area contributed by atoms with E-state index < -0.39 is 0 Å². The van der Waals surface area contributed by atoms with Crippen molar-refractivity contribution in [3.05, 3.63) is 59.4 Å². The summed E-state index contributed by atoms with van der Waals surface area (Å²) in [6.07, 6.45) is 0. The second-order valence-corrected chi connectivity index (χ2v) is 5.72. The van der Waals surface area contributed by atoms with Crippen LogP contribution in [0.4, 0.5) is 4.39 Å². The fraction of sp³-hybridized carbons (Fsp3) is 0.294. The Labute approximate surface area is 129 Å². The normalized spacial score (nSPS) is 10.6. The Balaban J connectivity index is 1.93. The molecule has 0 atom stereocenters. The van der Waals surface area contributed by atoms with Gasteiger partial charge in [-0.05, 0) is 35.9 Å². The Morgan fingerprint density at radius 1 is 1.14 bits per heavy atom. The van der Waals surface area contributed by atoms with Crippen molar-refractivity contribution < 1.29 is 9.13 Å². The lowest BCUT2D eigenvalue weighted by atomic mass is 10.2. The van der Waals surface area contributed by atoms with Gasteiger partial charge in [-0.1, -0.05) is 25.1 Å². The van der Waals surface area contributed by atoms with Crippen molar-refractivity contribution in [1.29, 1.82) is 0 Å². The number of nitrogens with one attached hydrogen (secondary N) is 1. The van der Waals surface area contributed by atoms with Crippen LogP contribution >= 0.6 is 11.8 Å². The molecular formula is C17H20FNOS. The lowest BCUT2D eigenvalue weighted by Crippen LogP contribution is -2.11. The third-order valence-corrected chi connectivity index (χ3v) is 4.22. The maximum absolute atomic E-state index is 13.8. The number of ether oxygens (including phenoxy) is 1. The van der Waals surface area contributed by atoms with Crippen molar-refractivity contribution >= 4 is 11.8 Å². The Hall–Kier alpha value is -1.52. The topological polar surface area (TPSA) is 21.3 Å². The maximum atomic E-state index is 13.8. The van der Waals surface area contributed by atoms with Gasteiger partial charge in [-0.3, -0.25) is 0 Å². The molecule has 0 amide bonds. The molecule has 0 aliphatic rings. The maximum Gasteiger partial charge on any atom is 0.130 e. The van der Waals surface area contributed by atoms with E-state index in [2.05, 4.69) is 36.5 Å². The standard InChI is InChI=1S/C17H20FNOS/c1-3-19-11-13-4-8-16(9-5-13)21-12-14-6-7-15(20-2)10-17(14)18/h4-10,19H,3,11-12H2,1-2H3. The first kappa shape index (κ1) is 15.9. The molecule has 1 N–H and O–H groups in total. The average molecular weight is 305 g/mol. The molecule has 0 aromatic heterocycles. The third-order valence-electron chi connectivity index (χ3n) is 3.16. The van der Waals surface area contributed by atoms with Crippen molar-refractivity contribution in [3.8, 4) is 5.75 Å². The molecule has 0 unspecified atom stereocenters. The predicted octanol–water partition coefficient (Wildman–Crippen LogP) is 4.24. The summed E-state index contributed by atoms with van der Waals surface area (Å²) < 4.78 is 18.8. The van der Waals surface area contributed by atoms with Crippen molar-refractivity contribution in [3.63, 3.8) is 0 Å². The number of hydrogen-bond acceptors (Lipinski definition) is 3. The summed E-state index contributed by atoms with van der Waals surface area (Å²) in [4.78, 5) is 1.14. The first-order valence-corrected chi connectivity index (χ1v) is 7.96. The minimum atomic E-state index is -0.217. The van der Waals surface area contributed by atoms with Gasteiger partial charge in [-0.2, -0.15) is 0 Å². The summed E-state index contributed by atoms with van der Waals surface area (Å²) in [5.74, 6) is 0.946. The number of methoxy groups -OCH3 is 1. The molecule has 0 aliphatic carbocycles. The molecule has 0 aliphatic heterocycles. The Morgan fingerprint density at radius 2 is 1.90 bits per heavy atom. The van der Waals surface area contributed by atoms with Crippen LogP contribution in [0.25, 0.3) is 0 Å². The summed E-state index contributed by atoms with van der Waals surface area (Å²) in [7, 11) is 1.54. The molecule has 2 aromatic rings. The molecule has 0 fully saturated rings. The van der Waals surface area contributed by atoms with Crippen molar-refractivity contribution in [2.24, 2.45) is 0 Å². The summed E-state index contributed by atoms with van der Waals surface area (Å²) >= 11 is 1.63. The van der Waals surface area contributed by atoms with Crippen molar-refractivity contribution in [2.45, 2.75) is 24.1 Å². The lowest BCUT2D eigenvalue weighted by Gasteiger charge is -2.07. The second-order valence-electron chi connectivity index (χ2n) is 4.67. The van der Waals surface area contributed by atoms with E-state index in [1.165, 1.54) is 18.7 Å². The van der Waals surface area contributed by atoms with Crippen LogP contribution in [0.15, 0.2) is 47.4 Å². The fourth-order valence-corrected chi connectivity index (χ4v) is 2.79. The summed E-state index contributed by atoms with van der Waals surface area (Å²) in [6, 6.07) is 13.4. The zero-order valence-electron chi connectivity index (χ0n) is 12.4. The molecule has 2 rings (SSSR count). The van der Waals surface area contributed by atoms with E-state index >= 15 is 0 Å². The van der Waals surface area contributed by atoms with E-state index in [1.54, 1.807) is 23.9 Å². The number of hydrogen-bond donors (Lipinski definition) is 1. The molecular weight excluding hydrogens is 285 g/mol. The van der Waals surface area contributed by atoms with Gasteiger partial charge in [0.25, 0.3) is 0 Å². The van der Waals surface area contributed by atoms with Crippen LogP contribution in [0.5, 0.6) is 5.75 Å². The Morgan fingerprint density at radius 3 is 2.52 bits per heavy atom. The Kier molecular flexibility index (Phi) is 6.08. The van der Waals surface area contributed by atoms with E-state index in [0.29, 0.717) is 17.1 Å². The van der Waals surface area contributed by atoms with Gasteiger partial charge in [0, 0.05) is 23.3 Å². The van der Waals surface area contributed by atoms with Crippen LogP contribution in [0.1, 0.15) is 18.1 Å². The average Bonchev–Trinajstić information content (AvgIpc) is 2.52. The highest BCUT2D eigenvalue weighted by Gasteiger charge is 2.05. The largest absolute Gasteiger partial charge is 0.497 e. The molecule has 0 bridgehead atoms. The van der Waals surface area contributed by atoms with E-state index in [-0.39, 0.29) is 5.82 Å². The van der Waals surface area contributed by atoms with Gasteiger partial charge in [0.1, 0.15) is 11.6 Å². The molecule has 0 saturated carbocycles. The summed E-state index contributed by atoms with van der Waals surface area (Å²) in [6.45, 7) is 3.94. The van der Waals surface area contributed by atoms with Gasteiger partial charge in [0.05, 0.1) is 7.11 Å². The lowest BCUT2D eigenvalue weighted by molar-refractivity contribution is 0.411. The molecule has 0 heterocycles. The van der Waals surface area contributed by atoms with Crippen LogP contribution in [0, 0.1) is 5.82 Å². The highest BCUT2D eigenvalue weighted by Crippen LogP contribution is 2.26. The Bertz CT molecular complexity index is 572. The molecule has 4 heteroatoms.